The number of hydrogen-bond donors (Lipinski definition) is 1. The summed E-state index contributed by atoms with van der Waals surface area (Å²) in [5.74, 6) is -4.93. The summed E-state index contributed by atoms with van der Waals surface area (Å²) in [7, 11) is 0. The van der Waals surface area contributed by atoms with Crippen LogP contribution < -0.4 is 15.5 Å². The van der Waals surface area contributed by atoms with Crippen LogP contribution in [0.4, 0.5) is 5.69 Å². The van der Waals surface area contributed by atoms with Gasteiger partial charge in [0.2, 0.25) is 5.91 Å². The third-order valence-electron chi connectivity index (χ3n) is 3.53. The number of benzene rings is 1. The summed E-state index contributed by atoms with van der Waals surface area (Å²) in [5.41, 5.74) is -0.0419. The number of carboxylic acid groups (broad SMARTS) is 2. The van der Waals surface area contributed by atoms with Crippen LogP contribution in [0.3, 0.4) is 0 Å². The molecule has 0 unspecified atom stereocenters. The minimum Gasteiger partial charge on any atom is -0.550 e. The van der Waals surface area contributed by atoms with Gasteiger partial charge in [0.05, 0.1) is 11.9 Å². The van der Waals surface area contributed by atoms with Crippen molar-refractivity contribution in [3.63, 3.8) is 0 Å². The fraction of sp³-hybridized carbons (Fsp3) is 0.267. The molecule has 1 aliphatic carbocycles. The summed E-state index contributed by atoms with van der Waals surface area (Å²) in [6, 6.07) is 3.92. The minimum absolute atomic E-state index is 0.00814. The molecule has 1 N–H and O–H groups in total. The molecule has 0 fully saturated rings. The van der Waals surface area contributed by atoms with Gasteiger partial charge in [-0.2, -0.15) is 0 Å². The van der Waals surface area contributed by atoms with E-state index in [4.69, 9.17) is 11.6 Å². The van der Waals surface area contributed by atoms with Gasteiger partial charge < -0.3 is 25.1 Å². The molecule has 7 heteroatoms. The molecule has 1 aromatic carbocycles. The van der Waals surface area contributed by atoms with Gasteiger partial charge in [-0.3, -0.25) is 4.79 Å². The smallest absolute Gasteiger partial charge is 0.228 e. The zero-order chi connectivity index (χ0) is 16.3. The van der Waals surface area contributed by atoms with Crippen LogP contribution in [0.2, 0.25) is 5.02 Å². The van der Waals surface area contributed by atoms with E-state index in [0.717, 1.165) is 0 Å². The summed E-state index contributed by atoms with van der Waals surface area (Å²) < 4.78 is 0. The van der Waals surface area contributed by atoms with Gasteiger partial charge in [0.25, 0.3) is 0 Å². The highest BCUT2D eigenvalue weighted by Crippen LogP contribution is 2.27. The Bertz CT molecular complexity index is 655. The third-order valence-corrected chi connectivity index (χ3v) is 3.86. The lowest BCUT2D eigenvalue weighted by Crippen LogP contribution is -2.41. The monoisotopic (exact) mass is 321 g/mol. The van der Waals surface area contributed by atoms with E-state index in [1.54, 1.807) is 12.2 Å². The van der Waals surface area contributed by atoms with Crippen LogP contribution in [0.5, 0.6) is 0 Å². The quantitative estimate of drug-likeness (QED) is 0.783. The normalized spacial score (nSPS) is 20.4. The van der Waals surface area contributed by atoms with Crippen LogP contribution in [0.25, 0.3) is 0 Å². The maximum absolute atomic E-state index is 12.2. The van der Waals surface area contributed by atoms with E-state index in [2.05, 4.69) is 5.32 Å². The van der Waals surface area contributed by atoms with Crippen LogP contribution in [0.15, 0.2) is 30.4 Å². The highest BCUT2D eigenvalue weighted by atomic mass is 35.5. The summed E-state index contributed by atoms with van der Waals surface area (Å²) >= 11 is 5.71. The molecule has 1 aliphatic rings. The van der Waals surface area contributed by atoms with Crippen molar-refractivity contribution in [2.75, 3.05) is 5.32 Å². The second kappa shape index (κ2) is 6.62. The number of allylic oxidation sites excluding steroid dienone is 2. The van der Waals surface area contributed by atoms with Gasteiger partial charge >= 0.3 is 0 Å². The molecule has 2 atom stereocenters. The Morgan fingerprint density at radius 1 is 1.09 bits per heavy atom. The Morgan fingerprint density at radius 2 is 1.73 bits per heavy atom. The van der Waals surface area contributed by atoms with E-state index in [1.165, 1.54) is 18.2 Å². The van der Waals surface area contributed by atoms with E-state index >= 15 is 0 Å². The van der Waals surface area contributed by atoms with Crippen LogP contribution in [0.1, 0.15) is 23.2 Å². The first-order valence-corrected chi connectivity index (χ1v) is 6.95. The molecule has 0 bridgehead atoms. The topological polar surface area (TPSA) is 109 Å². The van der Waals surface area contributed by atoms with Crippen LogP contribution in [-0.4, -0.2) is 17.8 Å². The third kappa shape index (κ3) is 3.46. The van der Waals surface area contributed by atoms with Gasteiger partial charge in [-0.25, -0.2) is 0 Å². The molecule has 0 aromatic heterocycles. The van der Waals surface area contributed by atoms with Crippen LogP contribution >= 0.6 is 11.6 Å². The molecule has 2 rings (SSSR count). The number of aromatic carboxylic acids is 1. The fourth-order valence-electron chi connectivity index (χ4n) is 2.36. The molecule has 0 saturated heterocycles. The van der Waals surface area contributed by atoms with Gasteiger partial charge in [0, 0.05) is 28.2 Å². The van der Waals surface area contributed by atoms with Gasteiger partial charge in [-0.15, -0.1) is 0 Å². The summed E-state index contributed by atoms with van der Waals surface area (Å²) in [6.07, 6.45) is 3.94. The molecule has 22 heavy (non-hydrogen) atoms. The molecule has 0 spiro atoms. The fourth-order valence-corrected chi connectivity index (χ4v) is 2.55. The average Bonchev–Trinajstić information content (AvgIpc) is 2.48. The van der Waals surface area contributed by atoms with Crippen molar-refractivity contribution in [2.45, 2.75) is 12.8 Å². The Morgan fingerprint density at radius 3 is 2.32 bits per heavy atom. The Hall–Kier alpha value is -2.34. The van der Waals surface area contributed by atoms with Crippen LogP contribution in [-0.2, 0) is 9.59 Å². The first-order valence-electron chi connectivity index (χ1n) is 6.57. The standard InChI is InChI=1S/C15H14ClNO5/c16-12-6-5-8(7-11(12)15(21)22)17-13(18)9-3-1-2-4-10(9)14(19)20/h1-2,5-7,9-10H,3-4H2,(H,17,18)(H,19,20)(H,21,22)/p-2/t9-,10+/m0/s1. The molecule has 116 valence electrons. The molecular formula is C15H12ClNO5-2. The molecule has 6 nitrogen and oxygen atoms in total. The van der Waals surface area contributed by atoms with E-state index in [0.29, 0.717) is 0 Å². The number of aliphatic carboxylic acids is 1. The van der Waals surface area contributed by atoms with Gasteiger partial charge in [0.1, 0.15) is 0 Å². The van der Waals surface area contributed by atoms with Crippen LogP contribution in [0, 0.1) is 11.8 Å². The van der Waals surface area contributed by atoms with Gasteiger partial charge in [0.15, 0.2) is 0 Å². The van der Waals surface area contributed by atoms with Crippen molar-refractivity contribution < 1.29 is 24.6 Å². The number of halogens is 1. The zero-order valence-corrected chi connectivity index (χ0v) is 12.1. The molecule has 0 saturated carbocycles. The molecule has 0 aliphatic heterocycles. The Balaban J connectivity index is 2.18. The van der Waals surface area contributed by atoms with Crippen molar-refractivity contribution in [3.05, 3.63) is 40.9 Å². The predicted octanol–water partition coefficient (Wildman–Crippen LogP) is -0.0257. The number of carbonyl (C=O) groups excluding carboxylic acids is 3. The predicted molar refractivity (Wildman–Crippen MR) is 74.8 cm³/mol. The van der Waals surface area contributed by atoms with E-state index in [-0.39, 0.29) is 29.1 Å². The zero-order valence-electron chi connectivity index (χ0n) is 11.4. The summed E-state index contributed by atoms with van der Waals surface area (Å²) in [6.45, 7) is 0. The Kier molecular flexibility index (Phi) is 4.82. The maximum Gasteiger partial charge on any atom is 0.228 e. The van der Waals surface area contributed by atoms with Crippen molar-refractivity contribution in [2.24, 2.45) is 11.8 Å². The molecule has 0 radical (unpaired) electrons. The second-order valence-corrected chi connectivity index (χ2v) is 5.35. The number of nitrogens with one attached hydrogen (secondary N) is 1. The molecule has 0 heterocycles. The minimum atomic E-state index is -1.46. The van der Waals surface area contributed by atoms with Crippen molar-refractivity contribution in [1.29, 1.82) is 0 Å². The first-order chi connectivity index (χ1) is 10.4. The first kappa shape index (κ1) is 16.0. The summed E-state index contributed by atoms with van der Waals surface area (Å²) in [5, 5.41) is 24.5. The van der Waals surface area contributed by atoms with E-state index in [9.17, 15) is 24.6 Å². The number of amides is 1. The largest absolute Gasteiger partial charge is 0.550 e. The number of carboxylic acids is 2. The number of hydrogen-bond acceptors (Lipinski definition) is 5. The highest BCUT2D eigenvalue weighted by molar-refractivity contribution is 6.33. The van der Waals surface area contributed by atoms with E-state index < -0.39 is 29.7 Å². The Labute approximate surface area is 131 Å². The lowest BCUT2D eigenvalue weighted by atomic mass is 9.82. The lowest BCUT2D eigenvalue weighted by molar-refractivity contribution is -0.313. The average molecular weight is 322 g/mol. The van der Waals surface area contributed by atoms with Crippen molar-refractivity contribution in [1.82, 2.24) is 0 Å². The molecule has 1 aromatic rings. The molecule has 1 amide bonds. The highest BCUT2D eigenvalue weighted by Gasteiger charge is 2.29. The summed E-state index contributed by atoms with van der Waals surface area (Å²) in [4.78, 5) is 34.2. The van der Waals surface area contributed by atoms with Crippen molar-refractivity contribution in [3.8, 4) is 0 Å². The number of rotatable bonds is 4. The lowest BCUT2D eigenvalue weighted by Gasteiger charge is -2.28. The number of anilines is 1. The molecular weight excluding hydrogens is 310 g/mol. The number of carbonyl (C=O) groups is 3. The maximum atomic E-state index is 12.2. The van der Waals surface area contributed by atoms with Gasteiger partial charge in [-0.1, -0.05) is 23.8 Å². The second-order valence-electron chi connectivity index (χ2n) is 4.95. The SMILES string of the molecule is O=C([O-])c1cc(NC(=O)[C@H]2CC=CC[C@H]2C(=O)[O-])ccc1Cl. The van der Waals surface area contributed by atoms with E-state index in [1.807, 2.05) is 0 Å². The van der Waals surface area contributed by atoms with Gasteiger partial charge in [-0.05, 0) is 31.0 Å². The van der Waals surface area contributed by atoms with Crippen molar-refractivity contribution >= 4 is 35.1 Å².